The van der Waals surface area contributed by atoms with Crippen molar-refractivity contribution in [2.45, 2.75) is 33.4 Å². The molecule has 1 heterocycles. The van der Waals surface area contributed by atoms with Gasteiger partial charge in [0.1, 0.15) is 0 Å². The molecule has 6 nitrogen and oxygen atoms in total. The van der Waals surface area contributed by atoms with E-state index >= 15 is 0 Å². The summed E-state index contributed by atoms with van der Waals surface area (Å²) in [4.78, 5) is 8.14. The molecule has 0 amide bonds. The molecule has 7 heteroatoms. The SMILES string of the molecule is Cc1cnc(CNS(=O)(=O)CCNC(C)C)cn1. The zero-order valence-electron chi connectivity index (χ0n) is 11.0. The van der Waals surface area contributed by atoms with Crippen molar-refractivity contribution in [3.8, 4) is 0 Å². The zero-order valence-corrected chi connectivity index (χ0v) is 11.8. The first-order chi connectivity index (χ1) is 8.39. The smallest absolute Gasteiger partial charge is 0.213 e. The Morgan fingerprint density at radius 1 is 1.28 bits per heavy atom. The maximum atomic E-state index is 11.7. The molecule has 1 aromatic heterocycles. The number of hydrogen-bond donors (Lipinski definition) is 2. The van der Waals surface area contributed by atoms with Gasteiger partial charge in [0.2, 0.25) is 10.0 Å². The second-order valence-corrected chi connectivity index (χ2v) is 6.32. The number of aromatic nitrogens is 2. The Bertz CT molecular complexity index is 456. The lowest BCUT2D eigenvalue weighted by atomic mass is 10.4. The Morgan fingerprint density at radius 2 is 2.00 bits per heavy atom. The van der Waals surface area contributed by atoms with Crippen molar-refractivity contribution < 1.29 is 8.42 Å². The molecule has 0 spiro atoms. The van der Waals surface area contributed by atoms with Gasteiger partial charge in [-0.15, -0.1) is 0 Å². The predicted octanol–water partition coefficient (Wildman–Crippen LogP) is 0.202. The van der Waals surface area contributed by atoms with E-state index in [0.717, 1.165) is 5.69 Å². The normalized spacial score (nSPS) is 12.0. The van der Waals surface area contributed by atoms with Crippen LogP contribution in [0.3, 0.4) is 0 Å². The molecular weight excluding hydrogens is 252 g/mol. The largest absolute Gasteiger partial charge is 0.313 e. The first-order valence-electron chi connectivity index (χ1n) is 5.87. The Balaban J connectivity index is 2.39. The minimum absolute atomic E-state index is 0.0600. The maximum absolute atomic E-state index is 11.7. The van der Waals surface area contributed by atoms with Gasteiger partial charge in [0.05, 0.1) is 29.9 Å². The fraction of sp³-hybridized carbons (Fsp3) is 0.636. The zero-order chi connectivity index (χ0) is 13.6. The highest BCUT2D eigenvalue weighted by atomic mass is 32.2. The van der Waals surface area contributed by atoms with Gasteiger partial charge in [-0.2, -0.15) is 0 Å². The minimum Gasteiger partial charge on any atom is -0.313 e. The monoisotopic (exact) mass is 272 g/mol. The van der Waals surface area contributed by atoms with Crippen molar-refractivity contribution in [1.29, 1.82) is 0 Å². The lowest BCUT2D eigenvalue weighted by Crippen LogP contribution is -2.34. The average molecular weight is 272 g/mol. The van der Waals surface area contributed by atoms with Gasteiger partial charge in [0, 0.05) is 18.8 Å². The summed E-state index contributed by atoms with van der Waals surface area (Å²) in [5, 5.41) is 3.06. The van der Waals surface area contributed by atoms with E-state index in [9.17, 15) is 8.42 Å². The van der Waals surface area contributed by atoms with Gasteiger partial charge in [0.25, 0.3) is 0 Å². The molecule has 0 aliphatic rings. The predicted molar refractivity (Wildman–Crippen MR) is 70.5 cm³/mol. The third kappa shape index (κ3) is 6.04. The highest BCUT2D eigenvalue weighted by Gasteiger charge is 2.10. The fourth-order valence-corrected chi connectivity index (χ4v) is 2.15. The van der Waals surface area contributed by atoms with Crippen molar-refractivity contribution in [3.05, 3.63) is 23.8 Å². The number of rotatable bonds is 7. The van der Waals surface area contributed by atoms with Crippen molar-refractivity contribution in [2.24, 2.45) is 0 Å². The first kappa shape index (κ1) is 15.0. The highest BCUT2D eigenvalue weighted by molar-refractivity contribution is 7.89. The molecular formula is C11H20N4O2S. The molecule has 0 aliphatic carbocycles. The van der Waals surface area contributed by atoms with Crippen LogP contribution in [0.4, 0.5) is 0 Å². The number of sulfonamides is 1. The fourth-order valence-electron chi connectivity index (χ4n) is 1.25. The second-order valence-electron chi connectivity index (χ2n) is 4.40. The minimum atomic E-state index is -3.27. The summed E-state index contributed by atoms with van der Waals surface area (Å²) in [5.74, 6) is 0.0600. The molecule has 0 bridgehead atoms. The third-order valence-electron chi connectivity index (χ3n) is 2.23. The van der Waals surface area contributed by atoms with E-state index in [1.807, 2.05) is 20.8 Å². The summed E-state index contributed by atoms with van der Waals surface area (Å²) < 4.78 is 25.8. The van der Waals surface area contributed by atoms with Crippen molar-refractivity contribution >= 4 is 10.0 Å². The van der Waals surface area contributed by atoms with Crippen LogP contribution < -0.4 is 10.0 Å². The van der Waals surface area contributed by atoms with Gasteiger partial charge >= 0.3 is 0 Å². The summed E-state index contributed by atoms with van der Waals surface area (Å²) in [6.07, 6.45) is 3.19. The summed E-state index contributed by atoms with van der Waals surface area (Å²) >= 11 is 0. The highest BCUT2D eigenvalue weighted by Crippen LogP contribution is 1.95. The van der Waals surface area contributed by atoms with E-state index < -0.39 is 10.0 Å². The molecule has 0 saturated carbocycles. The third-order valence-corrected chi connectivity index (χ3v) is 3.56. The van der Waals surface area contributed by atoms with Gasteiger partial charge in [-0.3, -0.25) is 9.97 Å². The molecule has 102 valence electrons. The Labute approximate surface area is 108 Å². The summed E-state index contributed by atoms with van der Waals surface area (Å²) in [6, 6.07) is 0.281. The van der Waals surface area contributed by atoms with Crippen LogP contribution in [-0.4, -0.2) is 36.7 Å². The van der Waals surface area contributed by atoms with Crippen LogP contribution >= 0.6 is 0 Å². The van der Waals surface area contributed by atoms with Crippen LogP contribution in [0.5, 0.6) is 0 Å². The maximum Gasteiger partial charge on any atom is 0.213 e. The molecule has 1 rings (SSSR count). The van der Waals surface area contributed by atoms with E-state index in [2.05, 4.69) is 20.0 Å². The van der Waals surface area contributed by atoms with E-state index in [0.29, 0.717) is 12.2 Å². The summed E-state index contributed by atoms with van der Waals surface area (Å²) in [6.45, 7) is 6.40. The van der Waals surface area contributed by atoms with E-state index in [-0.39, 0.29) is 18.3 Å². The molecule has 0 saturated heterocycles. The quantitative estimate of drug-likeness (QED) is 0.741. The summed E-state index contributed by atoms with van der Waals surface area (Å²) in [5.41, 5.74) is 1.42. The van der Waals surface area contributed by atoms with Crippen LogP contribution in [0.25, 0.3) is 0 Å². The Morgan fingerprint density at radius 3 is 2.56 bits per heavy atom. The number of nitrogens with one attached hydrogen (secondary N) is 2. The average Bonchev–Trinajstić information content (AvgIpc) is 2.27. The lowest BCUT2D eigenvalue weighted by molar-refractivity contribution is 0.566. The van der Waals surface area contributed by atoms with Crippen LogP contribution in [0.1, 0.15) is 25.2 Å². The second kappa shape index (κ2) is 6.77. The Hall–Kier alpha value is -1.05. The van der Waals surface area contributed by atoms with Crippen LogP contribution in [-0.2, 0) is 16.6 Å². The van der Waals surface area contributed by atoms with Gasteiger partial charge in [-0.05, 0) is 6.92 Å². The van der Waals surface area contributed by atoms with Gasteiger partial charge in [0.15, 0.2) is 0 Å². The van der Waals surface area contributed by atoms with Gasteiger partial charge in [-0.25, -0.2) is 13.1 Å². The first-order valence-corrected chi connectivity index (χ1v) is 7.52. The molecule has 2 N–H and O–H groups in total. The van der Waals surface area contributed by atoms with Crippen molar-refractivity contribution in [2.75, 3.05) is 12.3 Å². The van der Waals surface area contributed by atoms with Crippen molar-refractivity contribution in [3.63, 3.8) is 0 Å². The molecule has 0 unspecified atom stereocenters. The van der Waals surface area contributed by atoms with E-state index in [1.54, 1.807) is 12.4 Å². The van der Waals surface area contributed by atoms with Gasteiger partial charge in [-0.1, -0.05) is 13.8 Å². The standard InChI is InChI=1S/C11H20N4O2S/c1-9(2)12-4-5-18(16,17)15-8-11-7-13-10(3)6-14-11/h6-7,9,12,15H,4-5,8H2,1-3H3. The van der Waals surface area contributed by atoms with Crippen LogP contribution in [0.15, 0.2) is 12.4 Å². The topological polar surface area (TPSA) is 84.0 Å². The number of nitrogens with zero attached hydrogens (tertiary/aromatic N) is 2. The summed E-state index contributed by atoms with van der Waals surface area (Å²) in [7, 11) is -3.27. The number of aryl methyl sites for hydroxylation is 1. The van der Waals surface area contributed by atoms with Crippen LogP contribution in [0, 0.1) is 6.92 Å². The number of hydrogen-bond acceptors (Lipinski definition) is 5. The van der Waals surface area contributed by atoms with Crippen molar-refractivity contribution in [1.82, 2.24) is 20.0 Å². The molecule has 0 aliphatic heterocycles. The molecule has 18 heavy (non-hydrogen) atoms. The molecule has 1 aromatic rings. The Kier molecular flexibility index (Phi) is 5.64. The van der Waals surface area contributed by atoms with E-state index in [4.69, 9.17) is 0 Å². The lowest BCUT2D eigenvalue weighted by Gasteiger charge is -2.09. The van der Waals surface area contributed by atoms with E-state index in [1.165, 1.54) is 0 Å². The molecule has 0 fully saturated rings. The van der Waals surface area contributed by atoms with Gasteiger partial charge < -0.3 is 5.32 Å². The van der Waals surface area contributed by atoms with Crippen LogP contribution in [0.2, 0.25) is 0 Å². The molecule has 0 atom stereocenters. The molecule has 0 aromatic carbocycles. The molecule has 0 radical (unpaired) electrons.